The minimum absolute atomic E-state index is 0.144. The molecule has 0 unspecified atom stereocenters. The van der Waals surface area contributed by atoms with Gasteiger partial charge in [0.2, 0.25) is 0 Å². The number of rotatable bonds is 0. The van der Waals surface area contributed by atoms with E-state index in [9.17, 15) is 0 Å². The quantitative estimate of drug-likeness (QED) is 0.583. The van der Waals surface area contributed by atoms with Crippen LogP contribution >= 0.6 is 0 Å². The smallest absolute Gasteiger partial charge is 0.142 e. The van der Waals surface area contributed by atoms with Crippen LogP contribution in [-0.2, 0) is 9.47 Å². The highest BCUT2D eigenvalue weighted by Crippen LogP contribution is 2.26. The predicted octanol–water partition coefficient (Wildman–Crippen LogP) is 0.873. The van der Waals surface area contributed by atoms with Crippen LogP contribution in [0.3, 0.4) is 0 Å². The van der Waals surface area contributed by atoms with E-state index in [-0.39, 0.29) is 11.5 Å². The van der Waals surface area contributed by atoms with Crippen molar-refractivity contribution >= 4 is 0 Å². The van der Waals surface area contributed by atoms with Crippen molar-refractivity contribution in [1.29, 1.82) is 0 Å². The SMILES string of the molecule is CC1(C)COC2=CNC[C@@H]2OC1. The van der Waals surface area contributed by atoms with E-state index in [2.05, 4.69) is 19.2 Å². The van der Waals surface area contributed by atoms with Crippen LogP contribution in [0.5, 0.6) is 0 Å². The number of nitrogens with one attached hydrogen (secondary N) is 1. The Morgan fingerprint density at radius 3 is 3.17 bits per heavy atom. The summed E-state index contributed by atoms with van der Waals surface area (Å²) in [6.45, 7) is 6.68. The molecule has 2 aliphatic rings. The molecule has 2 rings (SSSR count). The molecule has 0 radical (unpaired) electrons. The van der Waals surface area contributed by atoms with Crippen molar-refractivity contribution in [3.8, 4) is 0 Å². The summed E-state index contributed by atoms with van der Waals surface area (Å²) in [5.74, 6) is 0.959. The molecule has 1 saturated heterocycles. The monoisotopic (exact) mass is 169 g/mol. The Kier molecular flexibility index (Phi) is 1.76. The molecule has 0 aromatic heterocycles. The second-order valence-electron chi connectivity index (χ2n) is 4.21. The van der Waals surface area contributed by atoms with Gasteiger partial charge >= 0.3 is 0 Å². The third-order valence-electron chi connectivity index (χ3n) is 2.17. The maximum atomic E-state index is 5.69. The first-order valence-electron chi connectivity index (χ1n) is 4.35. The largest absolute Gasteiger partial charge is 0.493 e. The Morgan fingerprint density at radius 2 is 2.33 bits per heavy atom. The summed E-state index contributed by atoms with van der Waals surface area (Å²) in [6, 6.07) is 0. The van der Waals surface area contributed by atoms with Crippen molar-refractivity contribution < 1.29 is 9.47 Å². The van der Waals surface area contributed by atoms with Crippen LogP contribution in [0.1, 0.15) is 13.8 Å². The van der Waals surface area contributed by atoms with Gasteiger partial charge in [-0.15, -0.1) is 0 Å². The Balaban J connectivity index is 2.08. The van der Waals surface area contributed by atoms with E-state index in [0.717, 1.165) is 25.5 Å². The fraction of sp³-hybridized carbons (Fsp3) is 0.778. The average Bonchev–Trinajstić information content (AvgIpc) is 2.40. The first-order valence-corrected chi connectivity index (χ1v) is 4.35. The van der Waals surface area contributed by atoms with E-state index >= 15 is 0 Å². The first kappa shape index (κ1) is 7.92. The Hall–Kier alpha value is -0.700. The average molecular weight is 169 g/mol. The van der Waals surface area contributed by atoms with E-state index in [1.807, 2.05) is 6.20 Å². The van der Waals surface area contributed by atoms with Gasteiger partial charge in [-0.1, -0.05) is 13.8 Å². The molecule has 0 saturated carbocycles. The molecule has 0 aliphatic carbocycles. The van der Waals surface area contributed by atoms with Crippen LogP contribution in [-0.4, -0.2) is 25.9 Å². The van der Waals surface area contributed by atoms with Gasteiger partial charge in [-0.2, -0.15) is 0 Å². The van der Waals surface area contributed by atoms with Crippen LogP contribution in [0.2, 0.25) is 0 Å². The van der Waals surface area contributed by atoms with Crippen molar-refractivity contribution in [2.75, 3.05) is 19.8 Å². The molecule has 3 nitrogen and oxygen atoms in total. The van der Waals surface area contributed by atoms with E-state index in [4.69, 9.17) is 9.47 Å². The number of ether oxygens (including phenoxy) is 2. The molecule has 0 spiro atoms. The fourth-order valence-electron chi connectivity index (χ4n) is 1.38. The molecule has 3 heteroatoms. The molecular formula is C9H15NO2. The molecule has 1 N–H and O–H groups in total. The van der Waals surface area contributed by atoms with Gasteiger partial charge in [0.25, 0.3) is 0 Å². The zero-order valence-corrected chi connectivity index (χ0v) is 7.59. The Morgan fingerprint density at radius 1 is 1.50 bits per heavy atom. The molecular weight excluding hydrogens is 154 g/mol. The number of fused-ring (bicyclic) bond motifs is 1. The van der Waals surface area contributed by atoms with Crippen molar-refractivity contribution in [3.05, 3.63) is 12.0 Å². The molecule has 12 heavy (non-hydrogen) atoms. The lowest BCUT2D eigenvalue weighted by molar-refractivity contribution is 0.0425. The van der Waals surface area contributed by atoms with Gasteiger partial charge in [-0.25, -0.2) is 0 Å². The van der Waals surface area contributed by atoms with Gasteiger partial charge in [0.15, 0.2) is 0 Å². The first-order chi connectivity index (χ1) is 5.67. The lowest BCUT2D eigenvalue weighted by Crippen LogP contribution is -2.25. The van der Waals surface area contributed by atoms with Crippen LogP contribution in [0.15, 0.2) is 12.0 Å². The number of hydrogen-bond acceptors (Lipinski definition) is 3. The van der Waals surface area contributed by atoms with Crippen molar-refractivity contribution in [2.24, 2.45) is 5.41 Å². The molecule has 2 aliphatic heterocycles. The third kappa shape index (κ3) is 1.41. The van der Waals surface area contributed by atoms with Crippen LogP contribution in [0.4, 0.5) is 0 Å². The van der Waals surface area contributed by atoms with E-state index < -0.39 is 0 Å². The molecule has 0 aromatic carbocycles. The van der Waals surface area contributed by atoms with Gasteiger partial charge in [0.1, 0.15) is 11.9 Å². The van der Waals surface area contributed by atoms with E-state index in [0.29, 0.717) is 0 Å². The molecule has 1 atom stereocenters. The zero-order valence-electron chi connectivity index (χ0n) is 7.59. The van der Waals surface area contributed by atoms with Gasteiger partial charge in [-0.3, -0.25) is 0 Å². The minimum Gasteiger partial charge on any atom is -0.493 e. The molecule has 2 heterocycles. The maximum Gasteiger partial charge on any atom is 0.142 e. The number of hydrogen-bond donors (Lipinski definition) is 1. The van der Waals surface area contributed by atoms with Crippen molar-refractivity contribution in [1.82, 2.24) is 5.32 Å². The van der Waals surface area contributed by atoms with Gasteiger partial charge in [0, 0.05) is 18.2 Å². The lowest BCUT2D eigenvalue weighted by atomic mass is 9.97. The van der Waals surface area contributed by atoms with E-state index in [1.54, 1.807) is 0 Å². The normalized spacial score (nSPS) is 32.5. The molecule has 0 aromatic rings. The topological polar surface area (TPSA) is 30.5 Å². The third-order valence-corrected chi connectivity index (χ3v) is 2.17. The van der Waals surface area contributed by atoms with Gasteiger partial charge in [-0.05, 0) is 0 Å². The second kappa shape index (κ2) is 2.66. The maximum absolute atomic E-state index is 5.69. The Labute approximate surface area is 72.7 Å². The summed E-state index contributed by atoms with van der Waals surface area (Å²) in [7, 11) is 0. The summed E-state index contributed by atoms with van der Waals surface area (Å²) in [5, 5.41) is 3.11. The highest BCUT2D eigenvalue weighted by atomic mass is 16.5. The molecule has 0 bridgehead atoms. The zero-order chi connectivity index (χ0) is 8.60. The van der Waals surface area contributed by atoms with Crippen LogP contribution < -0.4 is 5.32 Å². The summed E-state index contributed by atoms with van der Waals surface area (Å²) >= 11 is 0. The highest BCUT2D eigenvalue weighted by molar-refractivity contribution is 5.08. The van der Waals surface area contributed by atoms with Crippen molar-refractivity contribution in [2.45, 2.75) is 20.0 Å². The standard InChI is InChI=1S/C9H15NO2/c1-9(2)5-11-7-3-10-4-8(7)12-6-9/h3,8,10H,4-6H2,1-2H3/t8-/m0/s1. The van der Waals surface area contributed by atoms with Crippen molar-refractivity contribution in [3.63, 3.8) is 0 Å². The van der Waals surface area contributed by atoms with Crippen LogP contribution in [0, 0.1) is 5.41 Å². The molecule has 68 valence electrons. The Bertz CT molecular complexity index is 211. The van der Waals surface area contributed by atoms with Gasteiger partial charge in [0.05, 0.1) is 13.2 Å². The summed E-state index contributed by atoms with van der Waals surface area (Å²) < 4.78 is 11.3. The minimum atomic E-state index is 0.144. The second-order valence-corrected chi connectivity index (χ2v) is 4.21. The molecule has 1 fully saturated rings. The summed E-state index contributed by atoms with van der Waals surface area (Å²) in [4.78, 5) is 0. The summed E-state index contributed by atoms with van der Waals surface area (Å²) in [5.41, 5.74) is 0.144. The van der Waals surface area contributed by atoms with Crippen LogP contribution in [0.25, 0.3) is 0 Å². The fourth-order valence-corrected chi connectivity index (χ4v) is 1.38. The predicted molar refractivity (Wildman–Crippen MR) is 45.6 cm³/mol. The lowest BCUT2D eigenvalue weighted by Gasteiger charge is -2.20. The summed E-state index contributed by atoms with van der Waals surface area (Å²) in [6.07, 6.45) is 2.05. The van der Waals surface area contributed by atoms with Gasteiger partial charge < -0.3 is 14.8 Å². The van der Waals surface area contributed by atoms with E-state index in [1.165, 1.54) is 0 Å². The highest BCUT2D eigenvalue weighted by Gasteiger charge is 2.31. The molecule has 0 amide bonds.